The number of aromatic nitrogens is 1. The first-order valence-electron chi connectivity index (χ1n) is 7.74. The van der Waals surface area contributed by atoms with Crippen molar-refractivity contribution in [2.75, 3.05) is 0 Å². The predicted octanol–water partition coefficient (Wildman–Crippen LogP) is 3.05. The Balaban J connectivity index is 1.47. The number of benzene rings is 1. The van der Waals surface area contributed by atoms with E-state index in [-0.39, 0.29) is 5.91 Å². The first-order chi connectivity index (χ1) is 12.2. The Hall–Kier alpha value is -2.93. The first-order valence-corrected chi connectivity index (χ1v) is 8.56. The van der Waals surface area contributed by atoms with Crippen LogP contribution in [0, 0.1) is 0 Å². The van der Waals surface area contributed by atoms with E-state index in [2.05, 4.69) is 10.3 Å². The molecular formula is C18H14N2O4S. The van der Waals surface area contributed by atoms with Crippen LogP contribution in [0.2, 0.25) is 0 Å². The minimum absolute atomic E-state index is 0.376. The van der Waals surface area contributed by atoms with Crippen LogP contribution in [-0.4, -0.2) is 23.1 Å². The van der Waals surface area contributed by atoms with Crippen LogP contribution in [0.5, 0.6) is 5.75 Å². The number of hydrogen-bond donors (Lipinski definition) is 1. The van der Waals surface area contributed by atoms with Crippen molar-refractivity contribution in [2.24, 2.45) is 0 Å². The highest BCUT2D eigenvalue weighted by Crippen LogP contribution is 2.30. The van der Waals surface area contributed by atoms with Crippen molar-refractivity contribution in [1.82, 2.24) is 10.3 Å². The number of alkyl carbamates (subject to hydrolysis) is 1. The number of amides is 2. The summed E-state index contributed by atoms with van der Waals surface area (Å²) in [7, 11) is 0. The van der Waals surface area contributed by atoms with Gasteiger partial charge >= 0.3 is 6.09 Å². The van der Waals surface area contributed by atoms with Crippen LogP contribution in [-0.2, 0) is 22.6 Å². The second-order valence-electron chi connectivity index (χ2n) is 5.61. The third kappa shape index (κ3) is 3.46. The van der Waals surface area contributed by atoms with E-state index >= 15 is 0 Å². The summed E-state index contributed by atoms with van der Waals surface area (Å²) < 4.78 is 11.8. The Labute approximate surface area is 147 Å². The lowest BCUT2D eigenvalue weighted by molar-refractivity contribution is -0.123. The fraction of sp³-hybridized carbons (Fsp3) is 0.167. The summed E-state index contributed by atoms with van der Waals surface area (Å²) in [6, 6.07) is 13.5. The zero-order valence-corrected chi connectivity index (χ0v) is 13.9. The fourth-order valence-corrected chi connectivity index (χ4v) is 3.69. The second kappa shape index (κ2) is 6.52. The zero-order valence-electron chi connectivity index (χ0n) is 13.1. The number of nitrogens with one attached hydrogen (secondary N) is 1. The van der Waals surface area contributed by atoms with Gasteiger partial charge in [-0.1, -0.05) is 6.07 Å². The average Bonchev–Trinajstić information content (AvgIpc) is 3.15. The minimum atomic E-state index is -0.750. The number of imide groups is 1. The van der Waals surface area contributed by atoms with Gasteiger partial charge in [-0.2, -0.15) is 0 Å². The number of thiophene rings is 1. The summed E-state index contributed by atoms with van der Waals surface area (Å²) in [6.07, 6.45) is 0.682. The summed E-state index contributed by atoms with van der Waals surface area (Å²) in [5.74, 6) is 0.370. The Kier molecular flexibility index (Phi) is 4.07. The van der Waals surface area contributed by atoms with Crippen LogP contribution in [0.15, 0.2) is 48.7 Å². The molecule has 1 aromatic carbocycles. The van der Waals surface area contributed by atoms with E-state index in [1.54, 1.807) is 17.5 Å². The fourth-order valence-electron chi connectivity index (χ4n) is 2.62. The highest BCUT2D eigenvalue weighted by Gasteiger charge is 2.32. The van der Waals surface area contributed by atoms with Gasteiger partial charge in [0.25, 0.3) is 5.91 Å². The van der Waals surface area contributed by atoms with Crippen molar-refractivity contribution in [3.8, 4) is 5.75 Å². The van der Waals surface area contributed by atoms with Gasteiger partial charge in [0.15, 0.2) is 6.10 Å². The van der Waals surface area contributed by atoms with Crippen LogP contribution in [0.3, 0.4) is 0 Å². The van der Waals surface area contributed by atoms with Gasteiger partial charge in [-0.25, -0.2) is 4.79 Å². The van der Waals surface area contributed by atoms with Crippen molar-refractivity contribution in [3.05, 3.63) is 59.2 Å². The van der Waals surface area contributed by atoms with E-state index in [9.17, 15) is 9.59 Å². The van der Waals surface area contributed by atoms with Gasteiger partial charge in [-0.3, -0.25) is 15.1 Å². The molecule has 0 bridgehead atoms. The Morgan fingerprint density at radius 1 is 1.20 bits per heavy atom. The molecule has 0 aliphatic carbocycles. The van der Waals surface area contributed by atoms with Crippen LogP contribution in [0.25, 0.3) is 10.1 Å². The number of hydrogen-bond acceptors (Lipinski definition) is 6. The van der Waals surface area contributed by atoms with Gasteiger partial charge in [0.05, 0.1) is 5.69 Å². The molecule has 2 amide bonds. The first kappa shape index (κ1) is 15.6. The molecule has 3 heterocycles. The van der Waals surface area contributed by atoms with Gasteiger partial charge in [0.1, 0.15) is 12.4 Å². The van der Waals surface area contributed by atoms with Crippen molar-refractivity contribution in [2.45, 2.75) is 19.1 Å². The number of rotatable bonds is 5. The SMILES string of the molecule is O=C1NC(=O)C(Cc2cc3cc(OCc4ccccn4)ccc3s2)O1. The van der Waals surface area contributed by atoms with Crippen molar-refractivity contribution >= 4 is 33.4 Å². The normalized spacial score (nSPS) is 16.7. The molecule has 0 spiro atoms. The molecule has 1 aliphatic rings. The van der Waals surface area contributed by atoms with Gasteiger partial charge < -0.3 is 9.47 Å². The number of nitrogens with zero attached hydrogens (tertiary/aromatic N) is 1. The van der Waals surface area contributed by atoms with Crippen LogP contribution in [0.1, 0.15) is 10.6 Å². The lowest BCUT2D eigenvalue weighted by Crippen LogP contribution is -2.25. The topological polar surface area (TPSA) is 77.5 Å². The van der Waals surface area contributed by atoms with Gasteiger partial charge in [0.2, 0.25) is 0 Å². The van der Waals surface area contributed by atoms with E-state index < -0.39 is 12.2 Å². The van der Waals surface area contributed by atoms with E-state index in [1.807, 2.05) is 42.5 Å². The summed E-state index contributed by atoms with van der Waals surface area (Å²) in [5, 5.41) is 3.17. The molecule has 1 atom stereocenters. The molecule has 6 nitrogen and oxygen atoms in total. The molecule has 0 saturated carbocycles. The molecule has 1 aliphatic heterocycles. The summed E-state index contributed by atoms with van der Waals surface area (Å²) in [4.78, 5) is 27.9. The molecule has 7 heteroatoms. The third-order valence-electron chi connectivity index (χ3n) is 3.81. The largest absolute Gasteiger partial charge is 0.487 e. The predicted molar refractivity (Wildman–Crippen MR) is 92.5 cm³/mol. The number of cyclic esters (lactones) is 1. The standard InChI is InChI=1S/C18H14N2O4S/c21-17-15(24-18(22)20-17)9-14-8-11-7-13(4-5-16(11)25-14)23-10-12-3-1-2-6-19-12/h1-8,15H,9-10H2,(H,20,21,22). The van der Waals surface area contributed by atoms with Gasteiger partial charge in [-0.15, -0.1) is 11.3 Å². The molecule has 1 fully saturated rings. The van der Waals surface area contributed by atoms with E-state index in [0.29, 0.717) is 13.0 Å². The van der Waals surface area contributed by atoms with E-state index in [0.717, 1.165) is 26.4 Å². The molecule has 1 N–H and O–H groups in total. The highest BCUT2D eigenvalue weighted by molar-refractivity contribution is 7.19. The van der Waals surface area contributed by atoms with Crippen LogP contribution in [0.4, 0.5) is 4.79 Å². The average molecular weight is 354 g/mol. The smallest absolute Gasteiger partial charge is 0.414 e. The lowest BCUT2D eigenvalue weighted by Gasteiger charge is -2.05. The lowest BCUT2D eigenvalue weighted by atomic mass is 10.2. The second-order valence-corrected chi connectivity index (χ2v) is 6.78. The Bertz CT molecular complexity index is 939. The molecule has 126 valence electrons. The van der Waals surface area contributed by atoms with E-state index in [1.165, 1.54) is 0 Å². The third-order valence-corrected chi connectivity index (χ3v) is 4.94. The number of ether oxygens (including phenoxy) is 2. The number of pyridine rings is 1. The Morgan fingerprint density at radius 3 is 2.88 bits per heavy atom. The van der Waals surface area contributed by atoms with Crippen LogP contribution < -0.4 is 10.1 Å². The molecule has 3 aromatic rings. The Morgan fingerprint density at radius 2 is 2.12 bits per heavy atom. The summed E-state index contributed by atoms with van der Waals surface area (Å²) >= 11 is 1.57. The van der Waals surface area contributed by atoms with Crippen molar-refractivity contribution in [3.63, 3.8) is 0 Å². The van der Waals surface area contributed by atoms with Crippen molar-refractivity contribution < 1.29 is 19.1 Å². The quantitative estimate of drug-likeness (QED) is 0.762. The maximum atomic E-state index is 11.6. The summed E-state index contributed by atoms with van der Waals surface area (Å²) in [6.45, 7) is 0.404. The van der Waals surface area contributed by atoms with E-state index in [4.69, 9.17) is 9.47 Å². The zero-order chi connectivity index (χ0) is 17.2. The number of carbonyl (C=O) groups excluding carboxylic acids is 2. The maximum Gasteiger partial charge on any atom is 0.414 e. The molecular weight excluding hydrogens is 340 g/mol. The number of fused-ring (bicyclic) bond motifs is 1. The van der Waals surface area contributed by atoms with Crippen molar-refractivity contribution in [1.29, 1.82) is 0 Å². The number of carbonyl (C=O) groups is 2. The molecule has 1 saturated heterocycles. The summed E-state index contributed by atoms with van der Waals surface area (Å²) in [5.41, 5.74) is 0.864. The molecule has 1 unspecified atom stereocenters. The van der Waals surface area contributed by atoms with Gasteiger partial charge in [-0.05, 0) is 41.8 Å². The minimum Gasteiger partial charge on any atom is -0.487 e. The monoisotopic (exact) mass is 354 g/mol. The highest BCUT2D eigenvalue weighted by atomic mass is 32.1. The maximum absolute atomic E-state index is 11.6. The molecule has 2 aromatic heterocycles. The van der Waals surface area contributed by atoms with Gasteiger partial charge in [0, 0.05) is 22.2 Å². The van der Waals surface area contributed by atoms with Crippen LogP contribution >= 0.6 is 11.3 Å². The molecule has 0 radical (unpaired) electrons. The molecule has 4 rings (SSSR count). The molecule has 25 heavy (non-hydrogen) atoms.